The van der Waals surface area contributed by atoms with Crippen molar-refractivity contribution < 1.29 is 9.53 Å². The maximum atomic E-state index is 11.7. The maximum absolute atomic E-state index is 11.7. The number of rotatable bonds is 5. The van der Waals surface area contributed by atoms with Crippen molar-refractivity contribution in [3.05, 3.63) is 35.4 Å². The Balaban J connectivity index is 1.82. The molecule has 1 aromatic carbocycles. The van der Waals surface area contributed by atoms with Gasteiger partial charge in [0.2, 0.25) is 11.9 Å². The van der Waals surface area contributed by atoms with Gasteiger partial charge in [-0.1, -0.05) is 29.8 Å². The molecule has 1 heterocycles. The number of aryl methyl sites for hydroxylation is 2. The number of nitrogens with one attached hydrogen (secondary N) is 2. The molecular weight excluding hydrogens is 244 g/mol. The summed E-state index contributed by atoms with van der Waals surface area (Å²) in [7, 11) is 1.46. The molecule has 6 nitrogen and oxygen atoms in total. The molecule has 2 rings (SSSR count). The van der Waals surface area contributed by atoms with Gasteiger partial charge in [-0.25, -0.2) is 5.10 Å². The Bertz CT molecular complexity index is 548. The first kappa shape index (κ1) is 13.1. The van der Waals surface area contributed by atoms with Gasteiger partial charge in [0.15, 0.2) is 0 Å². The van der Waals surface area contributed by atoms with Crippen LogP contribution in [-0.4, -0.2) is 28.2 Å². The van der Waals surface area contributed by atoms with Gasteiger partial charge >= 0.3 is 6.01 Å². The third kappa shape index (κ3) is 3.80. The third-order valence-corrected chi connectivity index (χ3v) is 2.67. The minimum atomic E-state index is -0.112. The molecule has 0 unspecified atom stereocenters. The Kier molecular flexibility index (Phi) is 4.12. The molecule has 0 saturated heterocycles. The molecule has 2 aromatic rings. The molecule has 0 atom stereocenters. The van der Waals surface area contributed by atoms with Gasteiger partial charge in [0.25, 0.3) is 0 Å². The summed E-state index contributed by atoms with van der Waals surface area (Å²) in [4.78, 5) is 15.6. The Labute approximate surface area is 111 Å². The van der Waals surface area contributed by atoms with Crippen molar-refractivity contribution in [1.29, 1.82) is 0 Å². The van der Waals surface area contributed by atoms with Crippen molar-refractivity contribution in [2.75, 3.05) is 12.4 Å². The van der Waals surface area contributed by atoms with E-state index in [1.54, 1.807) is 0 Å². The van der Waals surface area contributed by atoms with Crippen LogP contribution in [-0.2, 0) is 11.2 Å². The average molecular weight is 260 g/mol. The number of amides is 1. The van der Waals surface area contributed by atoms with Crippen molar-refractivity contribution in [1.82, 2.24) is 15.2 Å². The highest BCUT2D eigenvalue weighted by atomic mass is 16.5. The van der Waals surface area contributed by atoms with Gasteiger partial charge in [0.05, 0.1) is 7.11 Å². The number of aromatic nitrogens is 3. The van der Waals surface area contributed by atoms with Crippen LogP contribution in [0, 0.1) is 6.92 Å². The largest absolute Gasteiger partial charge is 0.466 e. The minimum Gasteiger partial charge on any atom is -0.466 e. The molecule has 0 aliphatic heterocycles. The van der Waals surface area contributed by atoms with Crippen LogP contribution in [0.1, 0.15) is 17.5 Å². The van der Waals surface area contributed by atoms with Gasteiger partial charge in [-0.15, -0.1) is 5.10 Å². The van der Waals surface area contributed by atoms with E-state index in [-0.39, 0.29) is 11.9 Å². The van der Waals surface area contributed by atoms with E-state index >= 15 is 0 Å². The fourth-order valence-electron chi connectivity index (χ4n) is 1.60. The van der Waals surface area contributed by atoms with E-state index in [1.165, 1.54) is 12.7 Å². The first-order valence-corrected chi connectivity index (χ1v) is 5.99. The second-order valence-corrected chi connectivity index (χ2v) is 4.20. The predicted molar refractivity (Wildman–Crippen MR) is 71.1 cm³/mol. The highest BCUT2D eigenvalue weighted by Crippen LogP contribution is 2.08. The quantitative estimate of drug-likeness (QED) is 0.857. The van der Waals surface area contributed by atoms with Crippen molar-refractivity contribution in [2.24, 2.45) is 0 Å². The normalized spacial score (nSPS) is 10.2. The highest BCUT2D eigenvalue weighted by Gasteiger charge is 2.07. The van der Waals surface area contributed by atoms with Crippen LogP contribution < -0.4 is 10.1 Å². The number of anilines is 1. The summed E-state index contributed by atoms with van der Waals surface area (Å²) in [6.45, 7) is 2.04. The molecule has 0 spiro atoms. The van der Waals surface area contributed by atoms with Crippen LogP contribution in [0.3, 0.4) is 0 Å². The molecule has 0 aliphatic rings. The lowest BCUT2D eigenvalue weighted by molar-refractivity contribution is -0.116. The van der Waals surface area contributed by atoms with E-state index in [4.69, 9.17) is 4.74 Å². The van der Waals surface area contributed by atoms with Crippen LogP contribution in [0.4, 0.5) is 5.95 Å². The zero-order chi connectivity index (χ0) is 13.7. The molecule has 1 aromatic heterocycles. The van der Waals surface area contributed by atoms with Crippen LogP contribution >= 0.6 is 0 Å². The summed E-state index contributed by atoms with van der Waals surface area (Å²) in [5, 5.41) is 8.95. The summed E-state index contributed by atoms with van der Waals surface area (Å²) < 4.78 is 4.81. The Morgan fingerprint density at radius 1 is 1.37 bits per heavy atom. The lowest BCUT2D eigenvalue weighted by Crippen LogP contribution is -2.13. The van der Waals surface area contributed by atoms with E-state index in [0.717, 1.165) is 5.56 Å². The van der Waals surface area contributed by atoms with Gasteiger partial charge in [0.1, 0.15) is 0 Å². The SMILES string of the molecule is COc1n[nH]c(NC(=O)CCc2ccc(C)cc2)n1. The zero-order valence-corrected chi connectivity index (χ0v) is 10.9. The standard InChI is InChI=1S/C13H16N4O2/c1-9-3-5-10(6-4-9)7-8-11(18)14-12-15-13(19-2)17-16-12/h3-6H,7-8H2,1-2H3,(H2,14,15,16,17,18). The molecule has 0 saturated carbocycles. The first-order valence-electron chi connectivity index (χ1n) is 5.99. The van der Waals surface area contributed by atoms with Crippen molar-refractivity contribution in [3.63, 3.8) is 0 Å². The van der Waals surface area contributed by atoms with E-state index in [2.05, 4.69) is 20.5 Å². The predicted octanol–water partition coefficient (Wildman–Crippen LogP) is 1.69. The molecule has 0 fully saturated rings. The third-order valence-electron chi connectivity index (χ3n) is 2.67. The summed E-state index contributed by atoms with van der Waals surface area (Å²) in [5.41, 5.74) is 2.35. The van der Waals surface area contributed by atoms with Gasteiger partial charge in [-0.3, -0.25) is 10.1 Å². The number of benzene rings is 1. The summed E-state index contributed by atoms with van der Waals surface area (Å²) in [6, 6.07) is 8.33. The number of nitrogens with zero attached hydrogens (tertiary/aromatic N) is 2. The fraction of sp³-hybridized carbons (Fsp3) is 0.308. The van der Waals surface area contributed by atoms with Crippen molar-refractivity contribution >= 4 is 11.9 Å². The Hall–Kier alpha value is -2.37. The maximum Gasteiger partial charge on any atom is 0.336 e. The number of H-pyrrole nitrogens is 1. The number of aromatic amines is 1. The van der Waals surface area contributed by atoms with Crippen LogP contribution in [0.25, 0.3) is 0 Å². The summed E-state index contributed by atoms with van der Waals surface area (Å²) >= 11 is 0. The fourth-order valence-corrected chi connectivity index (χ4v) is 1.60. The number of hydrogen-bond acceptors (Lipinski definition) is 4. The molecule has 1 amide bonds. The first-order chi connectivity index (χ1) is 9.17. The van der Waals surface area contributed by atoms with Gasteiger partial charge in [-0.05, 0) is 18.9 Å². The Morgan fingerprint density at radius 2 is 2.11 bits per heavy atom. The molecule has 0 aliphatic carbocycles. The lowest BCUT2D eigenvalue weighted by atomic mass is 10.1. The van der Waals surface area contributed by atoms with Crippen molar-refractivity contribution in [2.45, 2.75) is 19.8 Å². The van der Waals surface area contributed by atoms with Crippen LogP contribution in [0.2, 0.25) is 0 Å². The molecular formula is C13H16N4O2. The second kappa shape index (κ2) is 5.99. The van der Waals surface area contributed by atoms with E-state index in [0.29, 0.717) is 18.8 Å². The van der Waals surface area contributed by atoms with Crippen molar-refractivity contribution in [3.8, 4) is 6.01 Å². The molecule has 6 heteroatoms. The summed E-state index contributed by atoms with van der Waals surface area (Å²) in [5.74, 6) is 0.185. The number of hydrogen-bond donors (Lipinski definition) is 2. The Morgan fingerprint density at radius 3 is 2.74 bits per heavy atom. The molecule has 19 heavy (non-hydrogen) atoms. The molecule has 0 radical (unpaired) electrons. The number of ether oxygens (including phenoxy) is 1. The topological polar surface area (TPSA) is 79.9 Å². The number of methoxy groups -OCH3 is 1. The smallest absolute Gasteiger partial charge is 0.336 e. The number of carbonyl (C=O) groups excluding carboxylic acids is 1. The van der Waals surface area contributed by atoms with Crippen LogP contribution in [0.5, 0.6) is 6.01 Å². The molecule has 2 N–H and O–H groups in total. The van der Waals surface area contributed by atoms with Gasteiger partial charge in [0, 0.05) is 6.42 Å². The van der Waals surface area contributed by atoms with Gasteiger partial charge in [-0.2, -0.15) is 4.98 Å². The monoisotopic (exact) mass is 260 g/mol. The lowest BCUT2D eigenvalue weighted by Gasteiger charge is -2.02. The minimum absolute atomic E-state index is 0.112. The van der Waals surface area contributed by atoms with E-state index in [1.807, 2.05) is 31.2 Å². The second-order valence-electron chi connectivity index (χ2n) is 4.20. The van der Waals surface area contributed by atoms with E-state index in [9.17, 15) is 4.79 Å². The average Bonchev–Trinajstić information content (AvgIpc) is 2.86. The highest BCUT2D eigenvalue weighted by molar-refractivity contribution is 5.89. The molecule has 0 bridgehead atoms. The molecule has 100 valence electrons. The van der Waals surface area contributed by atoms with E-state index < -0.39 is 0 Å². The van der Waals surface area contributed by atoms with Gasteiger partial charge < -0.3 is 4.74 Å². The zero-order valence-electron chi connectivity index (χ0n) is 10.9. The number of carbonyl (C=O) groups is 1. The van der Waals surface area contributed by atoms with Crippen LogP contribution in [0.15, 0.2) is 24.3 Å². The summed E-state index contributed by atoms with van der Waals surface area (Å²) in [6.07, 6.45) is 1.09.